The molecule has 9 heteroatoms. The summed E-state index contributed by atoms with van der Waals surface area (Å²) in [5.74, 6) is -0.458. The van der Waals surface area contributed by atoms with E-state index in [1.807, 2.05) is 6.07 Å². The number of carbonyl (C=O) groups excluding carboxylic acids is 3. The van der Waals surface area contributed by atoms with Crippen LogP contribution in [0.3, 0.4) is 0 Å². The molecule has 3 N–H and O–H groups in total. The fourth-order valence-electron chi connectivity index (χ4n) is 3.36. The van der Waals surface area contributed by atoms with Gasteiger partial charge >= 0.3 is 5.97 Å². The number of ether oxygens (including phenoxy) is 1. The lowest BCUT2D eigenvalue weighted by Crippen LogP contribution is -2.39. The molecule has 2 amide bonds. The fraction of sp³-hybridized carbons (Fsp3) is 0.333. The van der Waals surface area contributed by atoms with E-state index in [9.17, 15) is 14.4 Å². The Bertz CT molecular complexity index is 978. The monoisotopic (exact) mass is 411 g/mol. The average molecular weight is 411 g/mol. The number of hydrogen-bond acceptors (Lipinski definition) is 7. The van der Waals surface area contributed by atoms with Crippen molar-refractivity contribution in [2.45, 2.75) is 25.6 Å². The van der Waals surface area contributed by atoms with E-state index in [2.05, 4.69) is 15.0 Å². The van der Waals surface area contributed by atoms with Crippen LogP contribution in [0.25, 0.3) is 0 Å². The number of nitrogens with two attached hydrogens (primary N) is 1. The Morgan fingerprint density at radius 1 is 1.33 bits per heavy atom. The Hall–Kier alpha value is -3.62. The zero-order valence-corrected chi connectivity index (χ0v) is 17.2. The lowest BCUT2D eigenvalue weighted by Gasteiger charge is -2.19. The summed E-state index contributed by atoms with van der Waals surface area (Å²) in [6, 6.07) is 9.79. The summed E-state index contributed by atoms with van der Waals surface area (Å²) in [7, 11) is 4.64. The highest BCUT2D eigenvalue weighted by molar-refractivity contribution is 5.95. The van der Waals surface area contributed by atoms with Gasteiger partial charge in [-0.05, 0) is 35.9 Å². The minimum Gasteiger partial charge on any atom is -0.469 e. The third-order valence-electron chi connectivity index (χ3n) is 4.94. The summed E-state index contributed by atoms with van der Waals surface area (Å²) in [6.45, 7) is 0.638. The quantitative estimate of drug-likeness (QED) is 0.711. The van der Waals surface area contributed by atoms with E-state index in [0.29, 0.717) is 35.9 Å². The van der Waals surface area contributed by atoms with Crippen molar-refractivity contribution in [3.05, 3.63) is 53.2 Å². The number of fused-ring (bicyclic) bond motifs is 1. The van der Waals surface area contributed by atoms with Crippen molar-refractivity contribution >= 4 is 29.3 Å². The fourth-order valence-corrected chi connectivity index (χ4v) is 3.36. The van der Waals surface area contributed by atoms with Gasteiger partial charge in [0.1, 0.15) is 11.9 Å². The predicted octanol–water partition coefficient (Wildman–Crippen LogP) is 1.25. The van der Waals surface area contributed by atoms with E-state index in [4.69, 9.17) is 5.73 Å². The summed E-state index contributed by atoms with van der Waals surface area (Å²) in [4.78, 5) is 44.4. The van der Waals surface area contributed by atoms with Crippen molar-refractivity contribution < 1.29 is 19.1 Å². The van der Waals surface area contributed by atoms with Crippen molar-refractivity contribution in [2.75, 3.05) is 32.3 Å². The molecule has 3 rings (SSSR count). The number of likely N-dealkylation sites (N-methyl/N-ethyl adjacent to an activating group) is 1. The van der Waals surface area contributed by atoms with Gasteiger partial charge in [-0.15, -0.1) is 0 Å². The zero-order valence-electron chi connectivity index (χ0n) is 17.2. The van der Waals surface area contributed by atoms with Gasteiger partial charge in [0.2, 0.25) is 5.91 Å². The van der Waals surface area contributed by atoms with Crippen molar-refractivity contribution in [3.8, 4) is 0 Å². The van der Waals surface area contributed by atoms with Gasteiger partial charge in [0.05, 0.1) is 25.8 Å². The molecule has 0 radical (unpaired) electrons. The normalized spacial score (nSPS) is 15.6. The molecular weight excluding hydrogens is 386 g/mol. The summed E-state index contributed by atoms with van der Waals surface area (Å²) in [5, 5.41) is 3.11. The highest BCUT2D eigenvalue weighted by atomic mass is 16.5. The van der Waals surface area contributed by atoms with Crippen LogP contribution in [0.5, 0.6) is 0 Å². The van der Waals surface area contributed by atoms with Crippen LogP contribution in [-0.4, -0.2) is 59.8 Å². The van der Waals surface area contributed by atoms with Crippen LogP contribution in [0.2, 0.25) is 0 Å². The zero-order chi connectivity index (χ0) is 21.8. The van der Waals surface area contributed by atoms with Gasteiger partial charge in [-0.2, -0.15) is 0 Å². The number of aromatic nitrogens is 1. The molecule has 0 unspecified atom stereocenters. The molecule has 0 saturated carbocycles. The molecule has 0 saturated heterocycles. The van der Waals surface area contributed by atoms with Crippen LogP contribution < -0.4 is 11.1 Å². The predicted molar refractivity (Wildman–Crippen MR) is 111 cm³/mol. The molecule has 1 atom stereocenters. The Labute approximate surface area is 174 Å². The number of carbonyl (C=O) groups is 3. The van der Waals surface area contributed by atoms with Gasteiger partial charge in [-0.3, -0.25) is 14.4 Å². The van der Waals surface area contributed by atoms with Crippen molar-refractivity contribution in [3.63, 3.8) is 0 Å². The Morgan fingerprint density at radius 3 is 2.80 bits per heavy atom. The first-order valence-electron chi connectivity index (χ1n) is 9.46. The van der Waals surface area contributed by atoms with Gasteiger partial charge in [0.15, 0.2) is 0 Å². The van der Waals surface area contributed by atoms with Gasteiger partial charge < -0.3 is 25.6 Å². The lowest BCUT2D eigenvalue weighted by atomic mass is 10.1. The second kappa shape index (κ2) is 8.81. The summed E-state index contributed by atoms with van der Waals surface area (Å²) < 4.78 is 4.69. The number of nitrogens with one attached hydrogen (secondary N) is 1. The lowest BCUT2D eigenvalue weighted by molar-refractivity contribution is -0.143. The minimum absolute atomic E-state index is 0.0737. The van der Waals surface area contributed by atoms with Crippen LogP contribution in [0.4, 0.5) is 11.5 Å². The Kier molecular flexibility index (Phi) is 6.20. The van der Waals surface area contributed by atoms with E-state index in [-0.39, 0.29) is 18.2 Å². The first-order chi connectivity index (χ1) is 14.3. The molecule has 0 bridgehead atoms. The van der Waals surface area contributed by atoms with Crippen LogP contribution in [0.15, 0.2) is 36.4 Å². The molecule has 1 aliphatic heterocycles. The van der Waals surface area contributed by atoms with Crippen molar-refractivity contribution in [1.29, 1.82) is 0 Å². The molecule has 0 aliphatic carbocycles. The molecule has 0 fully saturated rings. The SMILES string of the molecule is COC(=O)C[C@@H]1Nc2ccc(C(=O)N(C)Cc3cccc(N)n3)cc2CN(C)C1=O. The van der Waals surface area contributed by atoms with Gasteiger partial charge in [-0.25, -0.2) is 4.98 Å². The van der Waals surface area contributed by atoms with Gasteiger partial charge in [0.25, 0.3) is 5.91 Å². The standard InChI is InChI=1S/C21H25N5O4/c1-25-11-14-9-13(20(28)26(2)12-15-5-4-6-18(22)23-15)7-8-16(14)24-17(21(25)29)10-19(27)30-3/h4-9,17,24H,10-12H2,1-3H3,(H2,22,23)/t17-/m0/s1. The van der Waals surface area contributed by atoms with Crippen molar-refractivity contribution in [2.24, 2.45) is 0 Å². The third kappa shape index (κ3) is 4.68. The molecule has 158 valence electrons. The first kappa shape index (κ1) is 21.1. The first-order valence-corrected chi connectivity index (χ1v) is 9.46. The van der Waals surface area contributed by atoms with E-state index in [1.54, 1.807) is 49.3 Å². The van der Waals surface area contributed by atoms with E-state index in [0.717, 1.165) is 5.56 Å². The number of nitrogens with zero attached hydrogens (tertiary/aromatic N) is 3. The molecule has 9 nitrogen and oxygen atoms in total. The molecule has 2 heterocycles. The molecule has 1 aromatic heterocycles. The molecule has 1 aromatic carbocycles. The molecule has 2 aromatic rings. The van der Waals surface area contributed by atoms with E-state index < -0.39 is 12.0 Å². The van der Waals surface area contributed by atoms with Crippen LogP contribution in [-0.2, 0) is 27.4 Å². The third-order valence-corrected chi connectivity index (χ3v) is 4.94. The molecule has 0 spiro atoms. The number of benzene rings is 1. The topological polar surface area (TPSA) is 118 Å². The van der Waals surface area contributed by atoms with Gasteiger partial charge in [-0.1, -0.05) is 6.07 Å². The number of rotatable bonds is 5. The largest absolute Gasteiger partial charge is 0.469 e. The van der Waals surface area contributed by atoms with Crippen LogP contribution in [0, 0.1) is 0 Å². The molecular formula is C21H25N5O4. The number of amides is 2. The van der Waals surface area contributed by atoms with Crippen LogP contribution in [0.1, 0.15) is 28.0 Å². The maximum Gasteiger partial charge on any atom is 0.308 e. The smallest absolute Gasteiger partial charge is 0.308 e. The summed E-state index contributed by atoms with van der Waals surface area (Å²) >= 11 is 0. The average Bonchev–Trinajstić information content (AvgIpc) is 2.83. The number of nitrogen functional groups attached to an aromatic ring is 1. The number of anilines is 2. The number of pyridine rings is 1. The maximum atomic E-state index is 12.9. The minimum atomic E-state index is -0.720. The van der Waals surface area contributed by atoms with Gasteiger partial charge in [0, 0.05) is 31.9 Å². The van der Waals surface area contributed by atoms with Crippen LogP contribution >= 0.6 is 0 Å². The van der Waals surface area contributed by atoms with E-state index >= 15 is 0 Å². The summed E-state index contributed by atoms with van der Waals surface area (Å²) in [6.07, 6.45) is -0.0737. The number of esters is 1. The number of methoxy groups -OCH3 is 1. The highest BCUT2D eigenvalue weighted by Gasteiger charge is 2.29. The number of hydrogen-bond donors (Lipinski definition) is 2. The second-order valence-corrected chi connectivity index (χ2v) is 7.26. The Morgan fingerprint density at radius 2 is 2.10 bits per heavy atom. The highest BCUT2D eigenvalue weighted by Crippen LogP contribution is 2.25. The van der Waals surface area contributed by atoms with E-state index in [1.165, 1.54) is 12.0 Å². The van der Waals surface area contributed by atoms with Crippen molar-refractivity contribution in [1.82, 2.24) is 14.8 Å². The summed E-state index contributed by atoms with van der Waals surface area (Å²) in [5.41, 5.74) is 8.39. The second-order valence-electron chi connectivity index (χ2n) is 7.26. The molecule has 1 aliphatic rings. The Balaban J connectivity index is 1.79. The maximum absolute atomic E-state index is 12.9. The molecule has 30 heavy (non-hydrogen) atoms.